The predicted molar refractivity (Wildman–Crippen MR) is 193 cm³/mol. The first-order chi connectivity index (χ1) is 23.1. The van der Waals surface area contributed by atoms with Crippen LogP contribution in [0.2, 0.25) is 15.1 Å². The van der Waals surface area contributed by atoms with Crippen molar-refractivity contribution in [1.82, 2.24) is 10.2 Å². The number of nitrogens with zero attached hydrogens (tertiary/aromatic N) is 2. The van der Waals surface area contributed by atoms with Crippen molar-refractivity contribution < 1.29 is 18.0 Å². The second kappa shape index (κ2) is 16.2. The number of hydrogen-bond acceptors (Lipinski definition) is 4. The Hall–Kier alpha value is -3.56. The van der Waals surface area contributed by atoms with Crippen LogP contribution in [0.4, 0.5) is 5.69 Å². The minimum absolute atomic E-state index is 0.00810. The highest BCUT2D eigenvalue weighted by Gasteiger charge is 2.36. The molecule has 11 heteroatoms. The van der Waals surface area contributed by atoms with Gasteiger partial charge in [0.2, 0.25) is 11.8 Å². The van der Waals surface area contributed by atoms with E-state index < -0.39 is 28.5 Å². The van der Waals surface area contributed by atoms with Gasteiger partial charge in [0, 0.05) is 39.6 Å². The van der Waals surface area contributed by atoms with E-state index in [2.05, 4.69) is 5.32 Å². The van der Waals surface area contributed by atoms with Gasteiger partial charge in [-0.2, -0.15) is 0 Å². The van der Waals surface area contributed by atoms with Crippen LogP contribution < -0.4 is 9.62 Å². The standard InChI is InChI=1S/C37H38Cl3N3O4S/c1-26-31(38)19-12-22-34(26)43(48(46,47)29-17-9-4-10-18-29)25-36(44)42(24-30-32(39)20-11-21-33(30)40)35(23-27-13-5-2-6-14-27)37(45)41-28-15-7-3-8-16-28/h2,4-6,9-14,17-22,28,35H,3,7-8,15-16,23-25H2,1H3,(H,41,45)/t35-/m0/s1. The molecule has 1 aliphatic rings. The number of amides is 2. The summed E-state index contributed by atoms with van der Waals surface area (Å²) in [5.41, 5.74) is 2.03. The molecule has 4 aromatic carbocycles. The van der Waals surface area contributed by atoms with E-state index in [4.69, 9.17) is 34.8 Å². The molecule has 0 unspecified atom stereocenters. The van der Waals surface area contributed by atoms with Gasteiger partial charge < -0.3 is 10.2 Å². The summed E-state index contributed by atoms with van der Waals surface area (Å²) in [4.78, 5) is 30.5. The largest absolute Gasteiger partial charge is 0.352 e. The van der Waals surface area contributed by atoms with E-state index in [0.29, 0.717) is 26.2 Å². The summed E-state index contributed by atoms with van der Waals surface area (Å²) in [6.45, 7) is 0.968. The Morgan fingerprint density at radius 1 is 0.792 bits per heavy atom. The van der Waals surface area contributed by atoms with Crippen LogP contribution in [0, 0.1) is 6.92 Å². The molecule has 1 saturated carbocycles. The van der Waals surface area contributed by atoms with Crippen molar-refractivity contribution in [1.29, 1.82) is 0 Å². The molecule has 4 aromatic rings. The van der Waals surface area contributed by atoms with Crippen molar-refractivity contribution in [2.45, 2.75) is 69.0 Å². The van der Waals surface area contributed by atoms with Crippen molar-refractivity contribution in [2.75, 3.05) is 10.8 Å². The first-order valence-corrected chi connectivity index (χ1v) is 18.5. The van der Waals surface area contributed by atoms with Crippen LogP contribution in [0.25, 0.3) is 0 Å². The average molecular weight is 727 g/mol. The summed E-state index contributed by atoms with van der Waals surface area (Å²) >= 11 is 19.7. The third-order valence-corrected chi connectivity index (χ3v) is 11.6. The van der Waals surface area contributed by atoms with Crippen molar-refractivity contribution in [3.8, 4) is 0 Å². The van der Waals surface area contributed by atoms with E-state index in [1.165, 1.54) is 17.0 Å². The van der Waals surface area contributed by atoms with Crippen molar-refractivity contribution in [3.63, 3.8) is 0 Å². The molecule has 0 heterocycles. The topological polar surface area (TPSA) is 86.8 Å². The first kappa shape index (κ1) is 35.7. The molecule has 252 valence electrons. The summed E-state index contributed by atoms with van der Waals surface area (Å²) in [6, 6.07) is 26.3. The molecule has 0 bridgehead atoms. The van der Waals surface area contributed by atoms with Crippen LogP contribution in [0.1, 0.15) is 48.8 Å². The fourth-order valence-electron chi connectivity index (χ4n) is 6.05. The third-order valence-electron chi connectivity index (χ3n) is 8.73. The van der Waals surface area contributed by atoms with Crippen LogP contribution in [0.3, 0.4) is 0 Å². The number of sulfonamides is 1. The molecule has 0 radical (unpaired) electrons. The zero-order chi connectivity index (χ0) is 34.3. The molecule has 1 fully saturated rings. The van der Waals surface area contributed by atoms with Crippen LogP contribution in [0.15, 0.2) is 102 Å². The number of carbonyl (C=O) groups excluding carboxylic acids is 2. The van der Waals surface area contributed by atoms with E-state index in [0.717, 1.165) is 42.0 Å². The average Bonchev–Trinajstić information content (AvgIpc) is 3.09. The van der Waals surface area contributed by atoms with Crippen LogP contribution in [-0.2, 0) is 32.6 Å². The molecule has 0 aromatic heterocycles. The number of rotatable bonds is 12. The number of hydrogen-bond donors (Lipinski definition) is 1. The summed E-state index contributed by atoms with van der Waals surface area (Å²) in [5, 5.41) is 4.20. The Kier molecular flexibility index (Phi) is 12.1. The normalized spacial score (nSPS) is 14.2. The molecule has 1 atom stereocenters. The van der Waals surface area contributed by atoms with Crippen LogP contribution in [0.5, 0.6) is 0 Å². The van der Waals surface area contributed by atoms with E-state index in [1.54, 1.807) is 61.5 Å². The van der Waals surface area contributed by atoms with Gasteiger partial charge in [0.15, 0.2) is 0 Å². The van der Waals surface area contributed by atoms with Crippen molar-refractivity contribution in [2.24, 2.45) is 0 Å². The fraction of sp³-hybridized carbons (Fsp3) is 0.297. The zero-order valence-electron chi connectivity index (χ0n) is 26.6. The predicted octanol–water partition coefficient (Wildman–Crippen LogP) is 8.24. The quantitative estimate of drug-likeness (QED) is 0.159. The van der Waals surface area contributed by atoms with Gasteiger partial charge >= 0.3 is 0 Å². The third kappa shape index (κ3) is 8.53. The number of carbonyl (C=O) groups is 2. The van der Waals surface area contributed by atoms with Crippen LogP contribution >= 0.6 is 34.8 Å². The molecule has 2 amide bonds. The van der Waals surface area contributed by atoms with Gasteiger partial charge in [-0.05, 0) is 67.3 Å². The van der Waals surface area contributed by atoms with Gasteiger partial charge in [-0.3, -0.25) is 13.9 Å². The zero-order valence-corrected chi connectivity index (χ0v) is 29.7. The minimum Gasteiger partial charge on any atom is -0.352 e. The Morgan fingerprint density at radius 2 is 1.38 bits per heavy atom. The molecule has 1 N–H and O–H groups in total. The van der Waals surface area contributed by atoms with Crippen molar-refractivity contribution >= 4 is 62.3 Å². The van der Waals surface area contributed by atoms with E-state index in [-0.39, 0.29) is 35.5 Å². The number of anilines is 1. The molecular weight excluding hydrogens is 689 g/mol. The smallest absolute Gasteiger partial charge is 0.264 e. The molecule has 1 aliphatic carbocycles. The maximum Gasteiger partial charge on any atom is 0.264 e. The highest BCUT2D eigenvalue weighted by Crippen LogP contribution is 2.32. The lowest BCUT2D eigenvalue weighted by Crippen LogP contribution is -2.55. The highest BCUT2D eigenvalue weighted by atomic mass is 35.5. The molecular formula is C37H38Cl3N3O4S. The van der Waals surface area contributed by atoms with Gasteiger partial charge in [-0.1, -0.05) is 115 Å². The van der Waals surface area contributed by atoms with Gasteiger partial charge in [-0.15, -0.1) is 0 Å². The maximum absolute atomic E-state index is 14.8. The summed E-state index contributed by atoms with van der Waals surface area (Å²) in [7, 11) is -4.26. The van der Waals surface area contributed by atoms with Crippen LogP contribution in [-0.4, -0.2) is 43.8 Å². The Morgan fingerprint density at radius 3 is 2.02 bits per heavy atom. The van der Waals surface area contributed by atoms with Gasteiger partial charge in [0.25, 0.3) is 10.0 Å². The highest BCUT2D eigenvalue weighted by molar-refractivity contribution is 7.92. The van der Waals surface area contributed by atoms with Gasteiger partial charge in [0.05, 0.1) is 10.6 Å². The Bertz CT molecular complexity index is 1820. The SMILES string of the molecule is Cc1c(Cl)cccc1N(CC(=O)N(Cc1c(Cl)cccc1Cl)[C@@H](Cc1ccccc1)C(=O)NC1CCCCC1)S(=O)(=O)c1ccccc1. The number of nitrogens with one attached hydrogen (secondary N) is 1. The lowest BCUT2D eigenvalue weighted by Gasteiger charge is -2.35. The summed E-state index contributed by atoms with van der Waals surface area (Å²) in [5.74, 6) is -0.928. The minimum atomic E-state index is -4.26. The van der Waals surface area contributed by atoms with Gasteiger partial charge in [-0.25, -0.2) is 8.42 Å². The molecule has 0 saturated heterocycles. The lowest BCUT2D eigenvalue weighted by atomic mass is 9.94. The van der Waals surface area contributed by atoms with E-state index in [1.807, 2.05) is 30.3 Å². The summed E-state index contributed by atoms with van der Waals surface area (Å²) in [6.07, 6.45) is 5.03. The second-order valence-electron chi connectivity index (χ2n) is 12.0. The van der Waals surface area contributed by atoms with E-state index >= 15 is 0 Å². The monoisotopic (exact) mass is 725 g/mol. The second-order valence-corrected chi connectivity index (χ2v) is 15.1. The van der Waals surface area contributed by atoms with Crippen molar-refractivity contribution in [3.05, 3.63) is 129 Å². The molecule has 48 heavy (non-hydrogen) atoms. The maximum atomic E-state index is 14.8. The fourth-order valence-corrected chi connectivity index (χ4v) is 8.23. The number of halogens is 3. The molecule has 7 nitrogen and oxygen atoms in total. The molecule has 0 spiro atoms. The Labute approximate surface area is 297 Å². The first-order valence-electron chi connectivity index (χ1n) is 16.0. The number of benzene rings is 4. The molecule has 0 aliphatic heterocycles. The Balaban J connectivity index is 1.61. The van der Waals surface area contributed by atoms with Gasteiger partial charge in [0.1, 0.15) is 12.6 Å². The van der Waals surface area contributed by atoms with E-state index in [9.17, 15) is 18.0 Å². The summed E-state index contributed by atoms with van der Waals surface area (Å²) < 4.78 is 29.6. The molecule has 5 rings (SSSR count). The lowest BCUT2D eigenvalue weighted by molar-refractivity contribution is -0.140.